The molecule has 1 heterocycles. The van der Waals surface area contributed by atoms with Gasteiger partial charge in [-0.15, -0.1) is 0 Å². The monoisotopic (exact) mass is 375 g/mol. The predicted molar refractivity (Wildman–Crippen MR) is 114 cm³/mol. The van der Waals surface area contributed by atoms with Crippen molar-refractivity contribution in [2.24, 2.45) is 4.99 Å². The number of para-hydroxylation sites is 1. The van der Waals surface area contributed by atoms with E-state index in [1.165, 1.54) is 39.7 Å². The van der Waals surface area contributed by atoms with E-state index in [0.29, 0.717) is 5.92 Å². The topological polar surface area (TPSA) is 69.9 Å². The van der Waals surface area contributed by atoms with Crippen molar-refractivity contribution in [3.05, 3.63) is 77.4 Å². The first-order chi connectivity index (χ1) is 13.2. The zero-order valence-electron chi connectivity index (χ0n) is 16.6. The van der Waals surface area contributed by atoms with Crippen LogP contribution >= 0.6 is 0 Å². The number of benzene rings is 3. The number of aliphatic imine (C=N–C) groups is 1. The average Bonchev–Trinajstić information content (AvgIpc) is 2.66. The second-order valence-corrected chi connectivity index (χ2v) is 7.65. The first-order valence-corrected chi connectivity index (χ1v) is 9.32. The Hall–Kier alpha value is -3.14. The molecular formula is C24H25NO3. The van der Waals surface area contributed by atoms with E-state index in [-0.39, 0.29) is 16.9 Å². The van der Waals surface area contributed by atoms with Gasteiger partial charge in [-0.05, 0) is 49.2 Å². The predicted octanol–water partition coefficient (Wildman–Crippen LogP) is 5.63. The molecule has 4 heteroatoms. The van der Waals surface area contributed by atoms with Crippen molar-refractivity contribution < 1.29 is 15.0 Å². The molecule has 0 bridgehead atoms. The fraction of sp³-hybridized carbons (Fsp3) is 0.250. The molecule has 0 spiro atoms. The smallest absolute Gasteiger partial charge is 0.339 e. The van der Waals surface area contributed by atoms with Gasteiger partial charge in [0.15, 0.2) is 0 Å². The first kappa shape index (κ1) is 19.6. The van der Waals surface area contributed by atoms with Gasteiger partial charge in [-0.3, -0.25) is 4.99 Å². The molecule has 0 saturated heterocycles. The summed E-state index contributed by atoms with van der Waals surface area (Å²) >= 11 is 0. The third-order valence-electron chi connectivity index (χ3n) is 5.44. The molecule has 1 unspecified atom stereocenters. The second-order valence-electron chi connectivity index (χ2n) is 7.65. The van der Waals surface area contributed by atoms with E-state index in [4.69, 9.17) is 15.2 Å². The number of carbonyl (C=O) groups is 1. The summed E-state index contributed by atoms with van der Waals surface area (Å²) in [6, 6.07) is 18.9. The quantitative estimate of drug-likeness (QED) is 0.579. The summed E-state index contributed by atoms with van der Waals surface area (Å²) < 4.78 is 0. The molecule has 0 aromatic heterocycles. The van der Waals surface area contributed by atoms with Gasteiger partial charge in [0.05, 0.1) is 5.54 Å². The van der Waals surface area contributed by atoms with Crippen LogP contribution in [0.15, 0.2) is 65.7 Å². The number of hydrogen-bond acceptors (Lipinski definition) is 3. The molecule has 0 saturated carbocycles. The van der Waals surface area contributed by atoms with E-state index in [2.05, 4.69) is 64.1 Å². The van der Waals surface area contributed by atoms with Gasteiger partial charge in [-0.1, -0.05) is 55.5 Å². The van der Waals surface area contributed by atoms with Crippen LogP contribution in [0.4, 0.5) is 0 Å². The van der Waals surface area contributed by atoms with Crippen LogP contribution in [0.25, 0.3) is 10.8 Å². The van der Waals surface area contributed by atoms with Crippen LogP contribution in [-0.2, 0) is 0 Å². The molecule has 4 rings (SSSR count). The molecule has 144 valence electrons. The molecule has 0 fully saturated rings. The Labute approximate surface area is 165 Å². The normalized spacial score (nSPS) is 17.1. The molecule has 4 nitrogen and oxygen atoms in total. The number of nitrogens with zero attached hydrogens (tertiary/aromatic N) is 1. The van der Waals surface area contributed by atoms with Gasteiger partial charge in [-0.2, -0.15) is 0 Å². The minimum absolute atomic E-state index is 0.000456. The van der Waals surface area contributed by atoms with E-state index in [1.54, 1.807) is 12.1 Å². The van der Waals surface area contributed by atoms with E-state index in [1.807, 2.05) is 0 Å². The highest BCUT2D eigenvalue weighted by molar-refractivity contribution is 6.12. The maximum atomic E-state index is 10.3. The molecule has 1 aliphatic rings. The summed E-state index contributed by atoms with van der Waals surface area (Å²) in [5.41, 5.74) is 3.89. The molecule has 3 aromatic rings. The van der Waals surface area contributed by atoms with E-state index in [9.17, 15) is 4.79 Å². The number of aromatic hydroxyl groups is 1. The molecule has 3 aromatic carbocycles. The fourth-order valence-corrected chi connectivity index (χ4v) is 3.67. The van der Waals surface area contributed by atoms with Crippen molar-refractivity contribution in [3.8, 4) is 5.75 Å². The molecule has 1 atom stereocenters. The maximum absolute atomic E-state index is 10.3. The number of carboxylic acids is 1. The molecule has 1 aliphatic heterocycles. The Morgan fingerprint density at radius 1 is 1.00 bits per heavy atom. The number of aromatic carboxylic acids is 1. The summed E-state index contributed by atoms with van der Waals surface area (Å²) in [5, 5.41) is 19.9. The van der Waals surface area contributed by atoms with Gasteiger partial charge in [0.1, 0.15) is 11.3 Å². The first-order valence-electron chi connectivity index (χ1n) is 9.32. The van der Waals surface area contributed by atoms with Crippen molar-refractivity contribution in [2.75, 3.05) is 0 Å². The number of fused-ring (bicyclic) bond motifs is 3. The number of phenols is 1. The van der Waals surface area contributed by atoms with Crippen molar-refractivity contribution in [1.29, 1.82) is 0 Å². The van der Waals surface area contributed by atoms with Gasteiger partial charge in [0.2, 0.25) is 0 Å². The standard InChI is InChI=1S/C17H19N.C7H6O3/c1-11-14-10-9-13-7-5-6-8-15(13)16(14)12(2)18-17(11,3)4;8-6-4-2-1-3-5(6)7(9)10/h5-11H,1-4H3;1-4,8H,(H,9,10). The minimum atomic E-state index is -1.11. The van der Waals surface area contributed by atoms with Crippen LogP contribution in [0.5, 0.6) is 5.75 Å². The van der Waals surface area contributed by atoms with Crippen LogP contribution in [0.2, 0.25) is 0 Å². The zero-order valence-corrected chi connectivity index (χ0v) is 16.6. The summed E-state index contributed by atoms with van der Waals surface area (Å²) in [6.07, 6.45) is 0. The van der Waals surface area contributed by atoms with Gasteiger partial charge in [-0.25, -0.2) is 4.79 Å². The van der Waals surface area contributed by atoms with Crippen LogP contribution in [-0.4, -0.2) is 27.4 Å². The third kappa shape index (κ3) is 3.63. The Balaban J connectivity index is 0.000000192. The highest BCUT2D eigenvalue weighted by atomic mass is 16.4. The van der Waals surface area contributed by atoms with E-state index in [0.717, 1.165) is 0 Å². The fourth-order valence-electron chi connectivity index (χ4n) is 3.67. The SMILES string of the molecule is CC1=NC(C)(C)C(C)c2ccc3ccccc3c21.O=C(O)c1ccccc1O. The lowest BCUT2D eigenvalue weighted by molar-refractivity contribution is 0.0693. The largest absolute Gasteiger partial charge is 0.507 e. The van der Waals surface area contributed by atoms with Crippen LogP contribution < -0.4 is 0 Å². The Bertz CT molecular complexity index is 1070. The van der Waals surface area contributed by atoms with Gasteiger partial charge in [0.25, 0.3) is 0 Å². The zero-order chi connectivity index (χ0) is 20.5. The minimum Gasteiger partial charge on any atom is -0.507 e. The van der Waals surface area contributed by atoms with Gasteiger partial charge < -0.3 is 10.2 Å². The van der Waals surface area contributed by atoms with Crippen molar-refractivity contribution in [1.82, 2.24) is 0 Å². The summed E-state index contributed by atoms with van der Waals surface area (Å²) in [6.45, 7) is 8.86. The molecule has 0 aliphatic carbocycles. The summed E-state index contributed by atoms with van der Waals surface area (Å²) in [7, 11) is 0. The van der Waals surface area contributed by atoms with Crippen molar-refractivity contribution in [3.63, 3.8) is 0 Å². The molecule has 0 amide bonds. The number of hydrogen-bond donors (Lipinski definition) is 2. The third-order valence-corrected chi connectivity index (χ3v) is 5.44. The van der Waals surface area contributed by atoms with Crippen LogP contribution in [0.3, 0.4) is 0 Å². The molecule has 0 radical (unpaired) electrons. The van der Waals surface area contributed by atoms with E-state index >= 15 is 0 Å². The van der Waals surface area contributed by atoms with Gasteiger partial charge in [0, 0.05) is 17.2 Å². The Morgan fingerprint density at radius 2 is 1.64 bits per heavy atom. The van der Waals surface area contributed by atoms with Gasteiger partial charge >= 0.3 is 5.97 Å². The maximum Gasteiger partial charge on any atom is 0.339 e. The molecular weight excluding hydrogens is 350 g/mol. The lowest BCUT2D eigenvalue weighted by Gasteiger charge is -2.35. The summed E-state index contributed by atoms with van der Waals surface area (Å²) in [4.78, 5) is 15.2. The number of carboxylic acid groups (broad SMARTS) is 1. The molecule has 28 heavy (non-hydrogen) atoms. The highest BCUT2D eigenvalue weighted by Crippen LogP contribution is 2.40. The molecule has 2 N–H and O–H groups in total. The average molecular weight is 375 g/mol. The second kappa shape index (κ2) is 7.47. The Kier molecular flexibility index (Phi) is 5.23. The van der Waals surface area contributed by atoms with Crippen LogP contribution in [0.1, 0.15) is 55.1 Å². The number of rotatable bonds is 1. The van der Waals surface area contributed by atoms with Crippen molar-refractivity contribution >= 4 is 22.5 Å². The lowest BCUT2D eigenvalue weighted by atomic mass is 9.77. The Morgan fingerprint density at radius 3 is 2.29 bits per heavy atom. The van der Waals surface area contributed by atoms with Crippen molar-refractivity contribution in [2.45, 2.75) is 39.2 Å². The van der Waals surface area contributed by atoms with E-state index < -0.39 is 5.97 Å². The summed E-state index contributed by atoms with van der Waals surface area (Å²) in [5.74, 6) is -0.853. The highest BCUT2D eigenvalue weighted by Gasteiger charge is 2.33. The van der Waals surface area contributed by atoms with Crippen LogP contribution in [0, 0.1) is 0 Å². The lowest BCUT2D eigenvalue weighted by Crippen LogP contribution is -2.31.